The van der Waals surface area contributed by atoms with Gasteiger partial charge >= 0.3 is 11.9 Å². The van der Waals surface area contributed by atoms with Crippen LogP contribution in [-0.4, -0.2) is 50.9 Å². The van der Waals surface area contributed by atoms with E-state index in [1.807, 2.05) is 0 Å². The van der Waals surface area contributed by atoms with E-state index in [4.69, 9.17) is 9.47 Å². The van der Waals surface area contributed by atoms with Crippen LogP contribution in [0.15, 0.2) is 66.9 Å². The Bertz CT molecular complexity index is 1270. The summed E-state index contributed by atoms with van der Waals surface area (Å²) in [6.45, 7) is 4.90. The Kier molecular flexibility index (Phi) is 7.22. The van der Waals surface area contributed by atoms with Crippen molar-refractivity contribution in [3.63, 3.8) is 0 Å². The van der Waals surface area contributed by atoms with Crippen LogP contribution in [0, 0.1) is 16.0 Å². The molecule has 1 saturated heterocycles. The third-order valence-electron chi connectivity index (χ3n) is 5.70. The van der Waals surface area contributed by atoms with Gasteiger partial charge in [0.15, 0.2) is 0 Å². The highest BCUT2D eigenvalue weighted by Gasteiger charge is 2.58. The highest BCUT2D eigenvalue weighted by Crippen LogP contribution is 2.54. The van der Waals surface area contributed by atoms with Crippen LogP contribution in [0.1, 0.15) is 28.4 Å². The molecule has 0 aliphatic carbocycles. The maximum absolute atomic E-state index is 13.2. The molecule has 1 fully saturated rings. The minimum absolute atomic E-state index is 0.0189. The number of aliphatic hydroxyl groups is 1. The van der Waals surface area contributed by atoms with Crippen LogP contribution < -0.4 is 0 Å². The SMILES string of the molecule is C=CCOC(=O)c1cccc(C2=C(C(=O)OCc3ccc([N+](=O)[O-])cc3)N3C(=O)[C@H]([C@@H](C)O)[C@H]3S2)c1. The van der Waals surface area contributed by atoms with Crippen molar-refractivity contribution in [2.75, 3.05) is 6.61 Å². The second-order valence-electron chi connectivity index (χ2n) is 8.13. The van der Waals surface area contributed by atoms with Crippen LogP contribution in [0.3, 0.4) is 0 Å². The van der Waals surface area contributed by atoms with Gasteiger partial charge in [0.25, 0.3) is 5.69 Å². The zero-order valence-electron chi connectivity index (χ0n) is 19.2. The smallest absolute Gasteiger partial charge is 0.356 e. The number of hydrogen-bond acceptors (Lipinski definition) is 9. The number of benzene rings is 2. The van der Waals surface area contributed by atoms with Crippen molar-refractivity contribution >= 4 is 40.2 Å². The summed E-state index contributed by atoms with van der Waals surface area (Å²) in [6.07, 6.45) is 0.534. The standard InChI is InChI=1S/C25H22N2O8S/c1-3-11-34-24(30)17-6-4-5-16(12-17)21-20(26-22(29)19(14(2)28)23(26)36-21)25(31)35-13-15-7-9-18(10-8-15)27(32)33/h3-10,12,14,19,23,28H,1,11,13H2,2H3/t14-,19+,23-/m1/s1. The first-order valence-corrected chi connectivity index (χ1v) is 11.8. The fraction of sp³-hybridized carbons (Fsp3) is 0.240. The molecule has 0 bridgehead atoms. The normalized spacial score (nSPS) is 19.3. The number of aliphatic hydroxyl groups excluding tert-OH is 1. The Labute approximate surface area is 210 Å². The average molecular weight is 511 g/mol. The van der Waals surface area contributed by atoms with Gasteiger partial charge in [-0.15, -0.1) is 0 Å². The van der Waals surface area contributed by atoms with Crippen molar-refractivity contribution in [1.82, 2.24) is 4.90 Å². The van der Waals surface area contributed by atoms with E-state index in [0.29, 0.717) is 16.0 Å². The minimum atomic E-state index is -0.914. The van der Waals surface area contributed by atoms with Crippen molar-refractivity contribution in [3.05, 3.63) is 93.7 Å². The average Bonchev–Trinajstić information content (AvgIpc) is 3.21. The molecule has 186 valence electrons. The molecule has 2 heterocycles. The molecule has 10 nitrogen and oxygen atoms in total. The lowest BCUT2D eigenvalue weighted by Gasteiger charge is -2.43. The van der Waals surface area contributed by atoms with Gasteiger partial charge in [-0.3, -0.25) is 19.8 Å². The van der Waals surface area contributed by atoms with E-state index < -0.39 is 40.2 Å². The number of fused-ring (bicyclic) bond motifs is 1. The van der Waals surface area contributed by atoms with Gasteiger partial charge in [0.1, 0.15) is 24.3 Å². The monoisotopic (exact) mass is 510 g/mol. The highest BCUT2D eigenvalue weighted by atomic mass is 32.2. The molecular weight excluding hydrogens is 488 g/mol. The highest BCUT2D eigenvalue weighted by molar-refractivity contribution is 8.09. The zero-order valence-corrected chi connectivity index (χ0v) is 20.0. The number of amides is 1. The lowest BCUT2D eigenvalue weighted by Crippen LogP contribution is -2.60. The fourth-order valence-corrected chi connectivity index (χ4v) is 5.52. The Morgan fingerprint density at radius 2 is 1.94 bits per heavy atom. The zero-order chi connectivity index (χ0) is 26.0. The summed E-state index contributed by atoms with van der Waals surface area (Å²) < 4.78 is 10.5. The number of hydrogen-bond donors (Lipinski definition) is 1. The Balaban J connectivity index is 1.62. The Hall–Kier alpha value is -3.96. The van der Waals surface area contributed by atoms with Crippen LogP contribution in [0.2, 0.25) is 0 Å². The molecular formula is C25H22N2O8S. The predicted octanol–water partition coefficient (Wildman–Crippen LogP) is 3.26. The van der Waals surface area contributed by atoms with Crippen molar-refractivity contribution < 1.29 is 33.9 Å². The number of nitro benzene ring substituents is 1. The number of nitrogens with zero attached hydrogens (tertiary/aromatic N) is 2. The molecule has 36 heavy (non-hydrogen) atoms. The van der Waals surface area contributed by atoms with E-state index in [1.54, 1.807) is 24.3 Å². The van der Waals surface area contributed by atoms with E-state index in [9.17, 15) is 29.6 Å². The van der Waals surface area contributed by atoms with Crippen LogP contribution in [0.5, 0.6) is 0 Å². The van der Waals surface area contributed by atoms with Gasteiger partial charge in [0.05, 0.1) is 22.5 Å². The topological polar surface area (TPSA) is 136 Å². The summed E-state index contributed by atoms with van der Waals surface area (Å²) in [5.41, 5.74) is 1.23. The molecule has 0 unspecified atom stereocenters. The lowest BCUT2D eigenvalue weighted by atomic mass is 9.92. The van der Waals surface area contributed by atoms with Crippen LogP contribution in [0.4, 0.5) is 5.69 Å². The quantitative estimate of drug-likeness (QED) is 0.177. The van der Waals surface area contributed by atoms with E-state index in [0.717, 1.165) is 0 Å². The number of carbonyl (C=O) groups excluding carboxylic acids is 3. The van der Waals surface area contributed by atoms with Gasteiger partial charge < -0.3 is 14.6 Å². The van der Waals surface area contributed by atoms with E-state index in [2.05, 4.69) is 6.58 Å². The fourth-order valence-electron chi connectivity index (χ4n) is 3.91. The molecule has 2 aromatic rings. The third-order valence-corrected chi connectivity index (χ3v) is 7.11. The van der Waals surface area contributed by atoms with Gasteiger partial charge in [-0.2, -0.15) is 0 Å². The van der Waals surface area contributed by atoms with Crippen LogP contribution in [-0.2, 0) is 25.7 Å². The molecule has 0 spiro atoms. The first-order valence-electron chi connectivity index (χ1n) is 10.9. The summed E-state index contributed by atoms with van der Waals surface area (Å²) >= 11 is 1.24. The van der Waals surface area contributed by atoms with E-state index in [1.165, 1.54) is 53.9 Å². The maximum Gasteiger partial charge on any atom is 0.356 e. The molecule has 2 aromatic carbocycles. The summed E-state index contributed by atoms with van der Waals surface area (Å²) in [6, 6.07) is 12.0. The van der Waals surface area contributed by atoms with Crippen molar-refractivity contribution in [2.24, 2.45) is 5.92 Å². The molecule has 2 aliphatic rings. The Morgan fingerprint density at radius 1 is 1.22 bits per heavy atom. The molecule has 0 saturated carbocycles. The number of rotatable bonds is 9. The first kappa shape index (κ1) is 25.1. The van der Waals surface area contributed by atoms with Crippen molar-refractivity contribution in [3.8, 4) is 0 Å². The number of β-lactam (4-membered cyclic amide) rings is 1. The summed E-state index contributed by atoms with van der Waals surface area (Å²) in [5, 5.41) is 20.4. The number of non-ortho nitro benzene ring substituents is 1. The third kappa shape index (κ3) is 4.75. The minimum Gasteiger partial charge on any atom is -0.458 e. The molecule has 0 radical (unpaired) electrons. The van der Waals surface area contributed by atoms with Gasteiger partial charge in [-0.1, -0.05) is 36.5 Å². The summed E-state index contributed by atoms with van der Waals surface area (Å²) in [4.78, 5) is 50.4. The number of carbonyl (C=O) groups is 3. The van der Waals surface area contributed by atoms with Crippen molar-refractivity contribution in [1.29, 1.82) is 0 Å². The first-order chi connectivity index (χ1) is 17.2. The van der Waals surface area contributed by atoms with E-state index >= 15 is 0 Å². The second-order valence-corrected chi connectivity index (χ2v) is 9.26. The Morgan fingerprint density at radius 3 is 2.58 bits per heavy atom. The number of nitro groups is 1. The van der Waals surface area contributed by atoms with Gasteiger partial charge in [0.2, 0.25) is 5.91 Å². The predicted molar refractivity (Wildman–Crippen MR) is 130 cm³/mol. The molecule has 0 aromatic heterocycles. The molecule has 11 heteroatoms. The molecule has 2 aliphatic heterocycles. The molecule has 3 atom stereocenters. The second kappa shape index (κ2) is 10.3. The van der Waals surface area contributed by atoms with Crippen LogP contribution in [0.25, 0.3) is 4.91 Å². The van der Waals surface area contributed by atoms with Gasteiger partial charge in [-0.25, -0.2) is 9.59 Å². The summed E-state index contributed by atoms with van der Waals surface area (Å²) in [5.74, 6) is -2.42. The van der Waals surface area contributed by atoms with E-state index in [-0.39, 0.29) is 30.2 Å². The van der Waals surface area contributed by atoms with Gasteiger partial charge in [0, 0.05) is 17.0 Å². The largest absolute Gasteiger partial charge is 0.458 e. The van der Waals surface area contributed by atoms with Gasteiger partial charge in [-0.05, 0) is 42.3 Å². The number of esters is 2. The van der Waals surface area contributed by atoms with Crippen LogP contribution >= 0.6 is 11.8 Å². The maximum atomic E-state index is 13.2. The summed E-state index contributed by atoms with van der Waals surface area (Å²) in [7, 11) is 0. The molecule has 1 N–H and O–H groups in total. The molecule has 1 amide bonds. The molecule has 4 rings (SSSR count). The lowest BCUT2D eigenvalue weighted by molar-refractivity contribution is -0.384. The number of ether oxygens (including phenoxy) is 2. The van der Waals surface area contributed by atoms with Crippen molar-refractivity contribution in [2.45, 2.75) is 25.0 Å². The number of thioether (sulfide) groups is 1.